The van der Waals surface area contributed by atoms with E-state index in [0.29, 0.717) is 10.7 Å². The van der Waals surface area contributed by atoms with Gasteiger partial charge in [0.2, 0.25) is 0 Å². The van der Waals surface area contributed by atoms with Crippen molar-refractivity contribution < 1.29 is 4.79 Å². The molecular formula is C20H16N4OS. The molecule has 4 aromatic rings. The zero-order valence-electron chi connectivity index (χ0n) is 14.4. The third kappa shape index (κ3) is 3.07. The number of carbonyl (C=O) groups is 1. The maximum Gasteiger partial charge on any atom is 0.276 e. The third-order valence-electron chi connectivity index (χ3n) is 4.05. The molecule has 0 radical (unpaired) electrons. The maximum absolute atomic E-state index is 12.9. The smallest absolute Gasteiger partial charge is 0.276 e. The Morgan fingerprint density at radius 1 is 1.04 bits per heavy atom. The number of aromatic nitrogens is 3. The lowest BCUT2D eigenvalue weighted by Crippen LogP contribution is -2.16. The summed E-state index contributed by atoms with van der Waals surface area (Å²) >= 11 is 1.50. The number of carbonyl (C=O) groups excluding carboxylic acids is 1. The van der Waals surface area contributed by atoms with Crippen molar-refractivity contribution in [3.63, 3.8) is 0 Å². The van der Waals surface area contributed by atoms with Gasteiger partial charge in [-0.2, -0.15) is 0 Å². The Morgan fingerprint density at radius 2 is 1.85 bits per heavy atom. The van der Waals surface area contributed by atoms with Crippen molar-refractivity contribution in [3.8, 4) is 10.7 Å². The summed E-state index contributed by atoms with van der Waals surface area (Å²) in [7, 11) is 0. The summed E-state index contributed by atoms with van der Waals surface area (Å²) < 4.78 is 1.05. The first-order valence-corrected chi connectivity index (χ1v) is 8.99. The van der Waals surface area contributed by atoms with Gasteiger partial charge >= 0.3 is 0 Å². The second-order valence-corrected chi connectivity index (χ2v) is 7.04. The predicted octanol–water partition coefficient (Wildman–Crippen LogP) is 4.62. The molecule has 0 saturated heterocycles. The Morgan fingerprint density at radius 3 is 2.69 bits per heavy atom. The zero-order valence-corrected chi connectivity index (χ0v) is 15.2. The maximum atomic E-state index is 12.9. The number of amides is 1. The van der Waals surface area contributed by atoms with Crippen molar-refractivity contribution in [2.75, 3.05) is 5.32 Å². The van der Waals surface area contributed by atoms with Gasteiger partial charge in [-0.05, 0) is 43.2 Å². The normalized spacial score (nSPS) is 10.8. The van der Waals surface area contributed by atoms with Gasteiger partial charge in [0.25, 0.3) is 5.91 Å². The number of benzene rings is 2. The molecule has 0 saturated carbocycles. The fraction of sp³-hybridized carbons (Fsp3) is 0.100. The lowest BCUT2D eigenvalue weighted by molar-refractivity contribution is 0.102. The SMILES string of the molecule is Cc1ccc(C)c(NC(=O)c2nccnc2-c2nc3ccccc3s2)c1. The van der Waals surface area contributed by atoms with Crippen molar-refractivity contribution in [2.45, 2.75) is 13.8 Å². The Kier molecular flexibility index (Phi) is 4.18. The molecule has 1 amide bonds. The minimum absolute atomic E-state index is 0.271. The van der Waals surface area contributed by atoms with Crippen LogP contribution in [0.15, 0.2) is 54.9 Å². The van der Waals surface area contributed by atoms with Gasteiger partial charge in [-0.15, -0.1) is 11.3 Å². The number of rotatable bonds is 3. The van der Waals surface area contributed by atoms with E-state index in [0.717, 1.165) is 27.0 Å². The summed E-state index contributed by atoms with van der Waals surface area (Å²) in [4.78, 5) is 26.1. The van der Waals surface area contributed by atoms with Crippen LogP contribution < -0.4 is 5.32 Å². The Labute approximate surface area is 154 Å². The molecule has 0 atom stereocenters. The molecule has 6 heteroatoms. The molecule has 26 heavy (non-hydrogen) atoms. The highest BCUT2D eigenvalue weighted by Gasteiger charge is 2.19. The van der Waals surface area contributed by atoms with Gasteiger partial charge < -0.3 is 5.32 Å². The largest absolute Gasteiger partial charge is 0.320 e. The number of fused-ring (bicyclic) bond motifs is 1. The van der Waals surface area contributed by atoms with E-state index in [9.17, 15) is 4.79 Å². The second-order valence-electron chi connectivity index (χ2n) is 6.01. The van der Waals surface area contributed by atoms with Crippen LogP contribution in [-0.4, -0.2) is 20.9 Å². The second kappa shape index (κ2) is 6.65. The van der Waals surface area contributed by atoms with Crippen LogP contribution in [0.5, 0.6) is 0 Å². The minimum atomic E-state index is -0.291. The number of hydrogen-bond donors (Lipinski definition) is 1. The average molecular weight is 360 g/mol. The molecule has 0 aliphatic rings. The molecule has 2 aromatic heterocycles. The topological polar surface area (TPSA) is 67.8 Å². The zero-order chi connectivity index (χ0) is 18.1. The van der Waals surface area contributed by atoms with Crippen molar-refractivity contribution in [3.05, 3.63) is 71.7 Å². The van der Waals surface area contributed by atoms with Crippen LogP contribution in [0.4, 0.5) is 5.69 Å². The lowest BCUT2D eigenvalue weighted by atomic mass is 10.1. The van der Waals surface area contributed by atoms with Crippen molar-refractivity contribution >= 4 is 33.1 Å². The quantitative estimate of drug-likeness (QED) is 0.579. The van der Waals surface area contributed by atoms with Crippen LogP contribution in [0.25, 0.3) is 20.9 Å². The number of para-hydroxylation sites is 1. The van der Waals surface area contributed by atoms with Gasteiger partial charge in [0.05, 0.1) is 10.2 Å². The minimum Gasteiger partial charge on any atom is -0.320 e. The number of thiazole rings is 1. The van der Waals surface area contributed by atoms with E-state index in [1.165, 1.54) is 17.5 Å². The number of nitrogens with zero attached hydrogens (tertiary/aromatic N) is 3. The fourth-order valence-corrected chi connectivity index (χ4v) is 3.65. The summed E-state index contributed by atoms with van der Waals surface area (Å²) in [5, 5.41) is 3.63. The molecule has 0 spiro atoms. The first-order valence-electron chi connectivity index (χ1n) is 8.17. The number of anilines is 1. The molecule has 0 aliphatic heterocycles. The first kappa shape index (κ1) is 16.4. The van der Waals surface area contributed by atoms with Crippen LogP contribution in [0, 0.1) is 13.8 Å². The van der Waals surface area contributed by atoms with Crippen LogP contribution in [-0.2, 0) is 0 Å². The molecule has 128 valence electrons. The third-order valence-corrected chi connectivity index (χ3v) is 5.09. The lowest BCUT2D eigenvalue weighted by Gasteiger charge is -2.10. The van der Waals surface area contributed by atoms with Crippen molar-refractivity contribution in [1.29, 1.82) is 0 Å². The Hall–Kier alpha value is -3.12. The van der Waals surface area contributed by atoms with Crippen molar-refractivity contribution in [2.24, 2.45) is 0 Å². The van der Waals surface area contributed by atoms with E-state index >= 15 is 0 Å². The molecule has 4 rings (SSSR count). The number of nitrogens with one attached hydrogen (secondary N) is 1. The highest BCUT2D eigenvalue weighted by atomic mass is 32.1. The van der Waals surface area contributed by atoms with Gasteiger partial charge in [0.1, 0.15) is 10.7 Å². The molecular weight excluding hydrogens is 344 g/mol. The standard InChI is InChI=1S/C20H16N4OS/c1-12-7-8-13(2)15(11-12)23-19(25)17-18(22-10-9-21-17)20-24-14-5-3-4-6-16(14)26-20/h3-11H,1-2H3,(H,23,25). The number of hydrogen-bond acceptors (Lipinski definition) is 5. The summed E-state index contributed by atoms with van der Waals surface area (Å²) in [6, 6.07) is 13.8. The average Bonchev–Trinajstić information content (AvgIpc) is 3.09. The highest BCUT2D eigenvalue weighted by Crippen LogP contribution is 2.30. The Bertz CT molecular complexity index is 1090. The molecule has 0 fully saturated rings. The van der Waals surface area contributed by atoms with E-state index in [4.69, 9.17) is 0 Å². The van der Waals surface area contributed by atoms with Gasteiger partial charge in [-0.3, -0.25) is 4.79 Å². The van der Waals surface area contributed by atoms with Crippen LogP contribution in [0.3, 0.4) is 0 Å². The van der Waals surface area contributed by atoms with E-state index in [-0.39, 0.29) is 11.6 Å². The number of aryl methyl sites for hydroxylation is 2. The molecule has 5 nitrogen and oxygen atoms in total. The first-order chi connectivity index (χ1) is 12.6. The monoisotopic (exact) mass is 360 g/mol. The van der Waals surface area contributed by atoms with Crippen LogP contribution in [0.2, 0.25) is 0 Å². The highest BCUT2D eigenvalue weighted by molar-refractivity contribution is 7.21. The molecule has 2 aromatic carbocycles. The van der Waals surface area contributed by atoms with E-state index in [1.807, 2.05) is 56.3 Å². The van der Waals surface area contributed by atoms with Gasteiger partial charge in [-0.25, -0.2) is 15.0 Å². The summed E-state index contributed by atoms with van der Waals surface area (Å²) in [5.41, 5.74) is 4.50. The van der Waals surface area contributed by atoms with E-state index in [2.05, 4.69) is 20.3 Å². The summed E-state index contributed by atoms with van der Waals surface area (Å²) in [6.45, 7) is 3.95. The fourth-order valence-electron chi connectivity index (χ4n) is 2.69. The molecule has 1 N–H and O–H groups in total. The predicted molar refractivity (Wildman–Crippen MR) is 105 cm³/mol. The van der Waals surface area contributed by atoms with E-state index < -0.39 is 0 Å². The van der Waals surface area contributed by atoms with Gasteiger partial charge in [0, 0.05) is 18.1 Å². The molecule has 2 heterocycles. The van der Waals surface area contributed by atoms with Gasteiger partial charge in [0.15, 0.2) is 5.69 Å². The summed E-state index contributed by atoms with van der Waals surface area (Å²) in [6.07, 6.45) is 3.10. The summed E-state index contributed by atoms with van der Waals surface area (Å²) in [5.74, 6) is -0.291. The van der Waals surface area contributed by atoms with Gasteiger partial charge in [-0.1, -0.05) is 24.3 Å². The van der Waals surface area contributed by atoms with E-state index in [1.54, 1.807) is 6.20 Å². The molecule has 0 unspecified atom stereocenters. The molecule has 0 bridgehead atoms. The van der Waals surface area contributed by atoms with Crippen LogP contribution in [0.1, 0.15) is 21.6 Å². The Balaban J connectivity index is 1.73. The van der Waals surface area contributed by atoms with Crippen molar-refractivity contribution in [1.82, 2.24) is 15.0 Å². The molecule has 0 aliphatic carbocycles. The van der Waals surface area contributed by atoms with Crippen LogP contribution >= 0.6 is 11.3 Å².